The maximum absolute atomic E-state index is 11.5. The van der Waals surface area contributed by atoms with Crippen LogP contribution in [-0.2, 0) is 0 Å². The normalized spacial score (nSPS) is 10.3. The van der Waals surface area contributed by atoms with E-state index in [-0.39, 0.29) is 11.6 Å². The van der Waals surface area contributed by atoms with E-state index in [0.717, 1.165) is 11.3 Å². The Kier molecular flexibility index (Phi) is 2.20. The first-order valence-electron chi connectivity index (χ1n) is 4.28. The molecule has 2 rings (SSSR count). The summed E-state index contributed by atoms with van der Waals surface area (Å²) in [4.78, 5) is 11.5. The zero-order valence-electron chi connectivity index (χ0n) is 8.24. The van der Waals surface area contributed by atoms with Crippen molar-refractivity contribution in [3.8, 4) is 0 Å². The lowest BCUT2D eigenvalue weighted by molar-refractivity contribution is 0.101. The van der Waals surface area contributed by atoms with Crippen LogP contribution in [0.15, 0.2) is 10.7 Å². The van der Waals surface area contributed by atoms with Crippen molar-refractivity contribution in [1.29, 1.82) is 0 Å². The SMILES string of the molecule is Cc1noc(NC(=O)c2cn[nH]n2)c1C. The lowest BCUT2D eigenvalue weighted by Gasteiger charge is -1.97. The van der Waals surface area contributed by atoms with E-state index in [2.05, 4.69) is 25.9 Å². The van der Waals surface area contributed by atoms with Crippen LogP contribution in [-0.4, -0.2) is 26.5 Å². The number of hydrogen-bond acceptors (Lipinski definition) is 5. The molecule has 78 valence electrons. The summed E-state index contributed by atoms with van der Waals surface area (Å²) < 4.78 is 4.92. The highest BCUT2D eigenvalue weighted by Gasteiger charge is 2.14. The Bertz CT molecular complexity index is 473. The standard InChI is InChI=1S/C8H9N5O2/c1-4-5(2)12-15-8(4)10-7(14)6-3-9-13-11-6/h3H,1-2H3,(H,10,14)(H,9,11,13). The van der Waals surface area contributed by atoms with Gasteiger partial charge in [-0.1, -0.05) is 5.16 Å². The van der Waals surface area contributed by atoms with Gasteiger partial charge in [-0.05, 0) is 13.8 Å². The molecule has 1 amide bonds. The molecule has 0 aromatic carbocycles. The van der Waals surface area contributed by atoms with Crippen molar-refractivity contribution in [2.45, 2.75) is 13.8 Å². The number of rotatable bonds is 2. The third-order valence-corrected chi connectivity index (χ3v) is 2.03. The van der Waals surface area contributed by atoms with Gasteiger partial charge in [0.15, 0.2) is 5.69 Å². The summed E-state index contributed by atoms with van der Waals surface area (Å²) in [6, 6.07) is 0. The van der Waals surface area contributed by atoms with Gasteiger partial charge in [-0.15, -0.1) is 0 Å². The van der Waals surface area contributed by atoms with E-state index < -0.39 is 0 Å². The summed E-state index contributed by atoms with van der Waals surface area (Å²) in [6.07, 6.45) is 1.33. The van der Waals surface area contributed by atoms with E-state index in [4.69, 9.17) is 4.52 Å². The highest BCUT2D eigenvalue weighted by molar-refractivity contribution is 6.02. The topological polar surface area (TPSA) is 96.7 Å². The van der Waals surface area contributed by atoms with E-state index in [1.54, 1.807) is 6.92 Å². The van der Waals surface area contributed by atoms with Gasteiger partial charge in [-0.25, -0.2) is 0 Å². The predicted molar refractivity (Wildman–Crippen MR) is 50.3 cm³/mol. The second-order valence-electron chi connectivity index (χ2n) is 3.03. The molecular weight excluding hydrogens is 198 g/mol. The maximum atomic E-state index is 11.5. The number of hydrogen-bond donors (Lipinski definition) is 2. The maximum Gasteiger partial charge on any atom is 0.280 e. The molecule has 7 nitrogen and oxygen atoms in total. The highest BCUT2D eigenvalue weighted by atomic mass is 16.5. The number of aromatic amines is 1. The number of aryl methyl sites for hydroxylation is 1. The van der Waals surface area contributed by atoms with Gasteiger partial charge in [-0.3, -0.25) is 10.1 Å². The molecule has 0 saturated heterocycles. The number of nitrogens with zero attached hydrogens (tertiary/aromatic N) is 3. The minimum Gasteiger partial charge on any atom is -0.338 e. The number of H-pyrrole nitrogens is 1. The monoisotopic (exact) mass is 207 g/mol. The summed E-state index contributed by atoms with van der Waals surface area (Å²) in [7, 11) is 0. The Hall–Kier alpha value is -2.18. The van der Waals surface area contributed by atoms with Crippen LogP contribution in [0.2, 0.25) is 0 Å². The van der Waals surface area contributed by atoms with Crippen molar-refractivity contribution in [3.63, 3.8) is 0 Å². The summed E-state index contributed by atoms with van der Waals surface area (Å²) in [5, 5.41) is 15.8. The van der Waals surface area contributed by atoms with Gasteiger partial charge in [0, 0.05) is 5.56 Å². The van der Waals surface area contributed by atoms with Gasteiger partial charge in [0.25, 0.3) is 5.91 Å². The summed E-state index contributed by atoms with van der Waals surface area (Å²) >= 11 is 0. The Morgan fingerprint density at radius 3 is 2.87 bits per heavy atom. The first-order valence-corrected chi connectivity index (χ1v) is 4.28. The van der Waals surface area contributed by atoms with E-state index in [9.17, 15) is 4.79 Å². The van der Waals surface area contributed by atoms with E-state index in [1.807, 2.05) is 6.92 Å². The first-order chi connectivity index (χ1) is 7.18. The van der Waals surface area contributed by atoms with Gasteiger partial charge in [0.05, 0.1) is 11.9 Å². The van der Waals surface area contributed by atoms with Crippen molar-refractivity contribution in [2.75, 3.05) is 5.32 Å². The molecule has 2 aromatic rings. The third-order valence-electron chi connectivity index (χ3n) is 2.03. The summed E-state index contributed by atoms with van der Waals surface area (Å²) in [6.45, 7) is 3.61. The molecule has 15 heavy (non-hydrogen) atoms. The minimum atomic E-state index is -0.386. The van der Waals surface area contributed by atoms with E-state index in [0.29, 0.717) is 5.88 Å². The molecule has 0 spiro atoms. The van der Waals surface area contributed by atoms with Gasteiger partial charge in [0.2, 0.25) is 5.88 Å². The lowest BCUT2D eigenvalue weighted by atomic mass is 10.3. The largest absolute Gasteiger partial charge is 0.338 e. The number of carbonyl (C=O) groups is 1. The Labute approximate surface area is 84.8 Å². The number of nitrogens with one attached hydrogen (secondary N) is 2. The quantitative estimate of drug-likeness (QED) is 0.754. The summed E-state index contributed by atoms with van der Waals surface area (Å²) in [5.41, 5.74) is 1.74. The lowest BCUT2D eigenvalue weighted by Crippen LogP contribution is -2.12. The smallest absolute Gasteiger partial charge is 0.280 e. The molecule has 0 unspecified atom stereocenters. The van der Waals surface area contributed by atoms with Gasteiger partial charge in [-0.2, -0.15) is 15.4 Å². The van der Waals surface area contributed by atoms with Crippen LogP contribution in [0.1, 0.15) is 21.7 Å². The second-order valence-corrected chi connectivity index (χ2v) is 3.03. The van der Waals surface area contributed by atoms with Crippen LogP contribution in [0.25, 0.3) is 0 Å². The van der Waals surface area contributed by atoms with Crippen molar-refractivity contribution >= 4 is 11.8 Å². The fraction of sp³-hybridized carbons (Fsp3) is 0.250. The van der Waals surface area contributed by atoms with Crippen LogP contribution in [0.3, 0.4) is 0 Å². The zero-order valence-corrected chi connectivity index (χ0v) is 8.24. The summed E-state index contributed by atoms with van der Waals surface area (Å²) in [5.74, 6) is -0.0523. The molecule has 0 aliphatic rings. The van der Waals surface area contributed by atoms with Crippen molar-refractivity contribution in [1.82, 2.24) is 20.6 Å². The molecular formula is C8H9N5O2. The molecule has 0 aliphatic heterocycles. The average Bonchev–Trinajstić information content (AvgIpc) is 2.83. The molecule has 2 aromatic heterocycles. The van der Waals surface area contributed by atoms with Crippen LogP contribution in [0.5, 0.6) is 0 Å². The van der Waals surface area contributed by atoms with Crippen molar-refractivity contribution in [3.05, 3.63) is 23.1 Å². The molecule has 0 bridgehead atoms. The van der Waals surface area contributed by atoms with Gasteiger partial charge >= 0.3 is 0 Å². The van der Waals surface area contributed by atoms with Crippen molar-refractivity contribution < 1.29 is 9.32 Å². The molecule has 7 heteroatoms. The third kappa shape index (κ3) is 1.71. The Morgan fingerprint density at radius 1 is 1.53 bits per heavy atom. The van der Waals surface area contributed by atoms with Crippen LogP contribution < -0.4 is 5.32 Å². The fourth-order valence-electron chi connectivity index (χ4n) is 1.01. The molecule has 2 N–H and O–H groups in total. The van der Waals surface area contributed by atoms with Crippen LogP contribution in [0, 0.1) is 13.8 Å². The molecule has 2 heterocycles. The molecule has 0 aliphatic carbocycles. The predicted octanol–water partition coefficient (Wildman–Crippen LogP) is 0.662. The molecule has 0 atom stereocenters. The van der Waals surface area contributed by atoms with Gasteiger partial charge in [0.1, 0.15) is 0 Å². The van der Waals surface area contributed by atoms with Gasteiger partial charge < -0.3 is 4.52 Å². The van der Waals surface area contributed by atoms with E-state index in [1.165, 1.54) is 6.20 Å². The molecule has 0 fully saturated rings. The van der Waals surface area contributed by atoms with Crippen molar-refractivity contribution in [2.24, 2.45) is 0 Å². The Balaban J connectivity index is 2.16. The number of aromatic nitrogens is 4. The second kappa shape index (κ2) is 3.52. The van der Waals surface area contributed by atoms with Crippen LogP contribution >= 0.6 is 0 Å². The first kappa shape index (κ1) is 9.38. The van der Waals surface area contributed by atoms with E-state index >= 15 is 0 Å². The fourth-order valence-corrected chi connectivity index (χ4v) is 1.01. The van der Waals surface area contributed by atoms with Crippen LogP contribution in [0.4, 0.5) is 5.88 Å². The average molecular weight is 207 g/mol. The highest BCUT2D eigenvalue weighted by Crippen LogP contribution is 2.17. The molecule has 0 saturated carbocycles. The zero-order chi connectivity index (χ0) is 10.8. The Morgan fingerprint density at radius 2 is 2.33 bits per heavy atom. The number of amides is 1. The number of anilines is 1. The molecule has 0 radical (unpaired) electrons. The minimum absolute atomic E-state index is 0.198. The number of carbonyl (C=O) groups excluding carboxylic acids is 1.